The monoisotopic (exact) mass is 291 g/mol. The van der Waals surface area contributed by atoms with Crippen LogP contribution in [0.4, 0.5) is 0 Å². The molecule has 2 rings (SSSR count). The van der Waals surface area contributed by atoms with Crippen molar-refractivity contribution in [3.8, 4) is 5.75 Å². The predicted molar refractivity (Wildman–Crippen MR) is 79.4 cm³/mol. The quantitative estimate of drug-likeness (QED) is 0.888. The van der Waals surface area contributed by atoms with Gasteiger partial charge in [0.05, 0.1) is 7.11 Å². The Bertz CT molecular complexity index is 581. The number of aromatic carboxylic acids is 1. The Hall–Kier alpha value is -1.85. The van der Waals surface area contributed by atoms with Crippen molar-refractivity contribution >= 4 is 17.3 Å². The largest absolute Gasteiger partial charge is 0.496 e. The van der Waals surface area contributed by atoms with Crippen molar-refractivity contribution in [3.05, 3.63) is 51.7 Å². The molecular formula is C15H17NO3S. The average Bonchev–Trinajstić information content (AvgIpc) is 2.91. The van der Waals surface area contributed by atoms with E-state index in [4.69, 9.17) is 4.74 Å². The summed E-state index contributed by atoms with van der Waals surface area (Å²) in [5.74, 6) is -0.577. The Morgan fingerprint density at radius 1 is 1.35 bits per heavy atom. The third-order valence-corrected chi connectivity index (χ3v) is 3.81. The minimum absolute atomic E-state index is 0.203. The summed E-state index contributed by atoms with van der Waals surface area (Å²) < 4.78 is 5.06. The van der Waals surface area contributed by atoms with Gasteiger partial charge in [0, 0.05) is 18.0 Å². The summed E-state index contributed by atoms with van der Waals surface area (Å²) in [5.41, 5.74) is 1.16. The van der Waals surface area contributed by atoms with Crippen molar-refractivity contribution in [1.29, 1.82) is 0 Å². The minimum atomic E-state index is -0.968. The van der Waals surface area contributed by atoms with Gasteiger partial charge in [0.25, 0.3) is 0 Å². The molecule has 1 aromatic carbocycles. The van der Waals surface area contributed by atoms with Gasteiger partial charge in [-0.05, 0) is 36.2 Å². The number of ether oxygens (including phenoxy) is 1. The van der Waals surface area contributed by atoms with E-state index >= 15 is 0 Å². The molecule has 0 saturated carbocycles. The molecule has 0 aliphatic carbocycles. The average molecular weight is 291 g/mol. The highest BCUT2D eigenvalue weighted by molar-refractivity contribution is 7.09. The van der Waals surface area contributed by atoms with E-state index in [1.54, 1.807) is 23.5 Å². The van der Waals surface area contributed by atoms with Crippen LogP contribution in [0.25, 0.3) is 0 Å². The Balaban J connectivity index is 2.09. The highest BCUT2D eigenvalue weighted by Gasteiger charge is 2.12. The molecule has 0 aliphatic heterocycles. The number of methoxy groups -OCH3 is 1. The van der Waals surface area contributed by atoms with Crippen LogP contribution in [0.1, 0.15) is 20.8 Å². The van der Waals surface area contributed by atoms with Gasteiger partial charge in [-0.3, -0.25) is 4.90 Å². The maximum absolute atomic E-state index is 11.2. The molecule has 0 fully saturated rings. The molecular weight excluding hydrogens is 274 g/mol. The van der Waals surface area contributed by atoms with Crippen molar-refractivity contribution < 1.29 is 14.6 Å². The summed E-state index contributed by atoms with van der Waals surface area (Å²) in [6.07, 6.45) is 0. The fraction of sp³-hybridized carbons (Fsp3) is 0.267. The van der Waals surface area contributed by atoms with Gasteiger partial charge in [0.2, 0.25) is 0 Å². The van der Waals surface area contributed by atoms with Gasteiger partial charge in [0.15, 0.2) is 0 Å². The lowest BCUT2D eigenvalue weighted by atomic mass is 10.1. The molecule has 0 unspecified atom stereocenters. The molecule has 0 spiro atoms. The number of carboxylic acids is 1. The van der Waals surface area contributed by atoms with Crippen LogP contribution in [-0.4, -0.2) is 30.1 Å². The molecule has 0 aliphatic rings. The van der Waals surface area contributed by atoms with Gasteiger partial charge in [0.1, 0.15) is 11.3 Å². The Morgan fingerprint density at radius 3 is 2.75 bits per heavy atom. The zero-order valence-electron chi connectivity index (χ0n) is 11.5. The van der Waals surface area contributed by atoms with Gasteiger partial charge in [-0.15, -0.1) is 11.3 Å². The van der Waals surface area contributed by atoms with Gasteiger partial charge in [-0.2, -0.15) is 0 Å². The first-order valence-corrected chi connectivity index (χ1v) is 7.09. The Kier molecular flexibility index (Phi) is 4.76. The van der Waals surface area contributed by atoms with E-state index in [0.29, 0.717) is 12.3 Å². The number of hydrogen-bond donors (Lipinski definition) is 1. The molecule has 2 aromatic rings. The zero-order chi connectivity index (χ0) is 14.5. The summed E-state index contributed by atoms with van der Waals surface area (Å²) in [7, 11) is 3.49. The summed E-state index contributed by atoms with van der Waals surface area (Å²) in [5, 5.41) is 11.2. The maximum Gasteiger partial charge on any atom is 0.339 e. The second kappa shape index (κ2) is 6.54. The number of carbonyl (C=O) groups is 1. The van der Waals surface area contributed by atoms with Crippen LogP contribution >= 0.6 is 11.3 Å². The molecule has 4 nitrogen and oxygen atoms in total. The first kappa shape index (κ1) is 14.6. The molecule has 0 radical (unpaired) electrons. The molecule has 0 bridgehead atoms. The van der Waals surface area contributed by atoms with Gasteiger partial charge in [-0.25, -0.2) is 4.79 Å². The summed E-state index contributed by atoms with van der Waals surface area (Å²) in [6, 6.07) is 9.40. The number of thiophene rings is 1. The van der Waals surface area contributed by atoms with Crippen molar-refractivity contribution in [2.24, 2.45) is 0 Å². The van der Waals surface area contributed by atoms with Crippen LogP contribution in [0.3, 0.4) is 0 Å². The topological polar surface area (TPSA) is 49.8 Å². The zero-order valence-corrected chi connectivity index (χ0v) is 12.3. The van der Waals surface area contributed by atoms with Gasteiger partial charge in [-0.1, -0.05) is 12.1 Å². The van der Waals surface area contributed by atoms with Crippen molar-refractivity contribution in [2.45, 2.75) is 13.1 Å². The molecule has 0 amide bonds. The van der Waals surface area contributed by atoms with Crippen LogP contribution in [0.2, 0.25) is 0 Å². The van der Waals surface area contributed by atoms with E-state index in [2.05, 4.69) is 16.3 Å². The molecule has 20 heavy (non-hydrogen) atoms. The first-order chi connectivity index (χ1) is 9.60. The Labute approximate surface area is 122 Å². The van der Waals surface area contributed by atoms with E-state index < -0.39 is 5.97 Å². The molecule has 0 atom stereocenters. The fourth-order valence-corrected chi connectivity index (χ4v) is 2.84. The maximum atomic E-state index is 11.2. The molecule has 106 valence electrons. The van der Waals surface area contributed by atoms with E-state index in [1.807, 2.05) is 19.2 Å². The minimum Gasteiger partial charge on any atom is -0.496 e. The number of hydrogen-bond acceptors (Lipinski definition) is 4. The third-order valence-electron chi connectivity index (χ3n) is 2.95. The summed E-state index contributed by atoms with van der Waals surface area (Å²) in [4.78, 5) is 14.6. The van der Waals surface area contributed by atoms with Crippen LogP contribution in [0.5, 0.6) is 5.75 Å². The van der Waals surface area contributed by atoms with E-state index in [1.165, 1.54) is 12.0 Å². The number of benzene rings is 1. The smallest absolute Gasteiger partial charge is 0.339 e. The molecule has 5 heteroatoms. The molecule has 1 N–H and O–H groups in total. The number of nitrogens with zero attached hydrogens (tertiary/aromatic N) is 1. The number of carboxylic acid groups (broad SMARTS) is 1. The SMILES string of the molecule is COc1ccc(CN(C)Cc2cccs2)cc1C(=O)O. The third kappa shape index (κ3) is 3.59. The molecule has 1 aromatic heterocycles. The Morgan fingerprint density at radius 2 is 2.15 bits per heavy atom. The first-order valence-electron chi connectivity index (χ1n) is 6.21. The standard InChI is InChI=1S/C15H17NO3S/c1-16(10-12-4-3-7-20-12)9-11-5-6-14(19-2)13(8-11)15(17)18/h3-8H,9-10H2,1-2H3,(H,17,18). The van der Waals surface area contributed by atoms with Crippen LogP contribution in [-0.2, 0) is 13.1 Å². The van der Waals surface area contributed by atoms with Crippen LogP contribution < -0.4 is 4.74 Å². The number of rotatable bonds is 6. The lowest BCUT2D eigenvalue weighted by molar-refractivity contribution is 0.0693. The lowest BCUT2D eigenvalue weighted by Gasteiger charge is -2.16. The molecule has 0 saturated heterocycles. The van der Waals surface area contributed by atoms with E-state index in [0.717, 1.165) is 12.1 Å². The predicted octanol–water partition coefficient (Wildman–Crippen LogP) is 3.09. The van der Waals surface area contributed by atoms with E-state index in [9.17, 15) is 9.90 Å². The highest BCUT2D eigenvalue weighted by atomic mass is 32.1. The van der Waals surface area contributed by atoms with Crippen LogP contribution in [0, 0.1) is 0 Å². The molecule has 1 heterocycles. The van der Waals surface area contributed by atoms with Crippen LogP contribution in [0.15, 0.2) is 35.7 Å². The van der Waals surface area contributed by atoms with Crippen molar-refractivity contribution in [2.75, 3.05) is 14.2 Å². The van der Waals surface area contributed by atoms with Crippen molar-refractivity contribution in [1.82, 2.24) is 4.90 Å². The van der Waals surface area contributed by atoms with Gasteiger partial charge >= 0.3 is 5.97 Å². The fourth-order valence-electron chi connectivity index (χ4n) is 2.06. The van der Waals surface area contributed by atoms with E-state index in [-0.39, 0.29) is 5.56 Å². The van der Waals surface area contributed by atoms with Gasteiger partial charge < -0.3 is 9.84 Å². The second-order valence-electron chi connectivity index (χ2n) is 4.59. The van der Waals surface area contributed by atoms with Crippen molar-refractivity contribution in [3.63, 3.8) is 0 Å². The second-order valence-corrected chi connectivity index (χ2v) is 5.62. The highest BCUT2D eigenvalue weighted by Crippen LogP contribution is 2.21. The summed E-state index contributed by atoms with van der Waals surface area (Å²) >= 11 is 1.72. The summed E-state index contributed by atoms with van der Waals surface area (Å²) in [6.45, 7) is 1.55. The normalized spacial score (nSPS) is 10.8. The lowest BCUT2D eigenvalue weighted by Crippen LogP contribution is -2.17.